The van der Waals surface area contributed by atoms with Crippen LogP contribution in [-0.4, -0.2) is 33.2 Å². The summed E-state index contributed by atoms with van der Waals surface area (Å²) in [6, 6.07) is 0.0916. The molecule has 0 bridgehead atoms. The van der Waals surface area contributed by atoms with E-state index in [1.54, 1.807) is 6.20 Å². The molecule has 5 nitrogen and oxygen atoms in total. The Balaban J connectivity index is 2.18. The molecule has 2 rings (SSSR count). The fraction of sp³-hybridized carbons (Fsp3) is 0.667. The molecule has 0 amide bonds. The summed E-state index contributed by atoms with van der Waals surface area (Å²) in [6.07, 6.45) is 7.11. The predicted octanol–water partition coefficient (Wildman–Crippen LogP) is 1.74. The molecule has 0 spiro atoms. The number of piperidine rings is 1. The Morgan fingerprint density at radius 2 is 2.41 bits per heavy atom. The second kappa shape index (κ2) is 5.21. The molecule has 17 heavy (non-hydrogen) atoms. The van der Waals surface area contributed by atoms with Gasteiger partial charge in [0.05, 0.1) is 6.42 Å². The van der Waals surface area contributed by atoms with Crippen molar-refractivity contribution in [3.63, 3.8) is 0 Å². The van der Waals surface area contributed by atoms with Gasteiger partial charge >= 0.3 is 5.97 Å². The number of imidazole rings is 1. The van der Waals surface area contributed by atoms with Crippen molar-refractivity contribution in [3.05, 3.63) is 12.4 Å². The second-order valence-corrected chi connectivity index (χ2v) is 4.45. The number of anilines is 1. The topological polar surface area (TPSA) is 58.4 Å². The zero-order chi connectivity index (χ0) is 12.3. The summed E-state index contributed by atoms with van der Waals surface area (Å²) in [4.78, 5) is 17.4. The number of hydrogen-bond donors (Lipinski definition) is 1. The molecule has 2 heterocycles. The molecule has 1 saturated heterocycles. The molecule has 1 aliphatic rings. The number of carboxylic acids is 1. The van der Waals surface area contributed by atoms with E-state index in [2.05, 4.69) is 21.4 Å². The molecule has 0 saturated carbocycles. The van der Waals surface area contributed by atoms with Gasteiger partial charge in [-0.05, 0) is 26.2 Å². The fourth-order valence-electron chi connectivity index (χ4n) is 2.48. The number of carbonyl (C=O) groups is 1. The molecular formula is C12H19N3O2. The van der Waals surface area contributed by atoms with Gasteiger partial charge in [0.15, 0.2) is 0 Å². The third-order valence-electron chi connectivity index (χ3n) is 3.33. The lowest BCUT2D eigenvalue weighted by atomic mass is 10.00. The summed E-state index contributed by atoms with van der Waals surface area (Å²) in [5, 5.41) is 8.95. The third-order valence-corrected chi connectivity index (χ3v) is 3.33. The Morgan fingerprint density at radius 1 is 1.59 bits per heavy atom. The standard InChI is InChI=1S/C12H19N3O2/c1-2-14-8-6-13-12(14)15-7-4-3-5-10(15)9-11(16)17/h6,8,10H,2-5,7,9H2,1H3,(H,16,17). The summed E-state index contributed by atoms with van der Waals surface area (Å²) in [7, 11) is 0. The fourth-order valence-corrected chi connectivity index (χ4v) is 2.48. The van der Waals surface area contributed by atoms with Crippen LogP contribution in [0.5, 0.6) is 0 Å². The van der Waals surface area contributed by atoms with Gasteiger partial charge < -0.3 is 14.6 Å². The van der Waals surface area contributed by atoms with Gasteiger partial charge in [0.1, 0.15) is 0 Å². The average Bonchev–Trinajstić information content (AvgIpc) is 2.77. The van der Waals surface area contributed by atoms with Crippen LogP contribution in [0.3, 0.4) is 0 Å². The number of aryl methyl sites for hydroxylation is 1. The van der Waals surface area contributed by atoms with E-state index in [0.29, 0.717) is 0 Å². The number of carboxylic acid groups (broad SMARTS) is 1. The molecule has 0 aromatic carbocycles. The van der Waals surface area contributed by atoms with Gasteiger partial charge in [0.25, 0.3) is 0 Å². The van der Waals surface area contributed by atoms with Gasteiger partial charge in [-0.1, -0.05) is 0 Å². The average molecular weight is 237 g/mol. The van der Waals surface area contributed by atoms with Crippen molar-refractivity contribution >= 4 is 11.9 Å². The van der Waals surface area contributed by atoms with Gasteiger partial charge in [0, 0.05) is 31.5 Å². The first kappa shape index (κ1) is 12.0. The molecule has 1 unspecified atom stereocenters. The van der Waals surface area contributed by atoms with Gasteiger partial charge in [-0.3, -0.25) is 4.79 Å². The van der Waals surface area contributed by atoms with Crippen molar-refractivity contribution in [2.45, 2.75) is 45.2 Å². The predicted molar refractivity (Wildman–Crippen MR) is 65.1 cm³/mol. The third kappa shape index (κ3) is 2.60. The minimum Gasteiger partial charge on any atom is -0.481 e. The van der Waals surface area contributed by atoms with E-state index in [1.165, 1.54) is 0 Å². The van der Waals surface area contributed by atoms with Crippen LogP contribution < -0.4 is 4.90 Å². The molecule has 1 N–H and O–H groups in total. The Bertz CT molecular complexity index is 389. The van der Waals surface area contributed by atoms with Crippen LogP contribution in [0.4, 0.5) is 5.95 Å². The van der Waals surface area contributed by atoms with Crippen LogP contribution >= 0.6 is 0 Å². The van der Waals surface area contributed by atoms with Crippen molar-refractivity contribution in [3.8, 4) is 0 Å². The molecule has 5 heteroatoms. The molecule has 94 valence electrons. The zero-order valence-electron chi connectivity index (χ0n) is 10.2. The van der Waals surface area contributed by atoms with Crippen LogP contribution in [0.25, 0.3) is 0 Å². The normalized spacial score (nSPS) is 20.5. The molecule has 1 fully saturated rings. The lowest BCUT2D eigenvalue weighted by molar-refractivity contribution is -0.137. The monoisotopic (exact) mass is 237 g/mol. The molecule has 1 aromatic rings. The molecule has 1 atom stereocenters. The summed E-state index contributed by atoms with van der Waals surface area (Å²) < 4.78 is 2.07. The number of hydrogen-bond acceptors (Lipinski definition) is 3. The first-order chi connectivity index (χ1) is 8.22. The second-order valence-electron chi connectivity index (χ2n) is 4.45. The Hall–Kier alpha value is -1.52. The maximum absolute atomic E-state index is 10.9. The number of aliphatic carboxylic acids is 1. The van der Waals surface area contributed by atoms with Crippen LogP contribution in [0.2, 0.25) is 0 Å². The van der Waals surface area contributed by atoms with E-state index < -0.39 is 5.97 Å². The summed E-state index contributed by atoms with van der Waals surface area (Å²) in [5.41, 5.74) is 0. The lowest BCUT2D eigenvalue weighted by Crippen LogP contribution is -2.42. The van der Waals surface area contributed by atoms with E-state index >= 15 is 0 Å². The van der Waals surface area contributed by atoms with E-state index in [0.717, 1.165) is 38.3 Å². The highest BCUT2D eigenvalue weighted by molar-refractivity contribution is 5.68. The number of rotatable bonds is 4. The van der Waals surface area contributed by atoms with E-state index in [9.17, 15) is 4.79 Å². The molecule has 0 radical (unpaired) electrons. The van der Waals surface area contributed by atoms with Crippen LogP contribution in [0.1, 0.15) is 32.6 Å². The van der Waals surface area contributed by atoms with Crippen molar-refractivity contribution < 1.29 is 9.90 Å². The van der Waals surface area contributed by atoms with Crippen LogP contribution in [0, 0.1) is 0 Å². The summed E-state index contributed by atoms with van der Waals surface area (Å²) >= 11 is 0. The minimum absolute atomic E-state index is 0.0916. The minimum atomic E-state index is -0.725. The molecule has 1 aliphatic heterocycles. The highest BCUT2D eigenvalue weighted by Crippen LogP contribution is 2.25. The first-order valence-corrected chi connectivity index (χ1v) is 6.22. The number of nitrogens with zero attached hydrogens (tertiary/aromatic N) is 3. The lowest BCUT2D eigenvalue weighted by Gasteiger charge is -2.35. The molecule has 1 aromatic heterocycles. The SMILES string of the molecule is CCn1ccnc1N1CCCCC1CC(=O)O. The quantitative estimate of drug-likeness (QED) is 0.866. The Morgan fingerprint density at radius 3 is 3.12 bits per heavy atom. The van der Waals surface area contributed by atoms with Gasteiger partial charge in [-0.25, -0.2) is 4.98 Å². The summed E-state index contributed by atoms with van der Waals surface area (Å²) in [6.45, 7) is 3.85. The zero-order valence-corrected chi connectivity index (χ0v) is 10.2. The molecule has 0 aliphatic carbocycles. The van der Waals surface area contributed by atoms with Gasteiger partial charge in [-0.15, -0.1) is 0 Å². The van der Waals surface area contributed by atoms with Gasteiger partial charge in [-0.2, -0.15) is 0 Å². The Kier molecular flexibility index (Phi) is 3.66. The van der Waals surface area contributed by atoms with Crippen LogP contribution in [-0.2, 0) is 11.3 Å². The van der Waals surface area contributed by atoms with E-state index in [-0.39, 0.29) is 12.5 Å². The largest absolute Gasteiger partial charge is 0.481 e. The van der Waals surface area contributed by atoms with Crippen molar-refractivity contribution in [1.82, 2.24) is 9.55 Å². The first-order valence-electron chi connectivity index (χ1n) is 6.22. The van der Waals surface area contributed by atoms with Crippen molar-refractivity contribution in [1.29, 1.82) is 0 Å². The maximum Gasteiger partial charge on any atom is 0.305 e. The van der Waals surface area contributed by atoms with Gasteiger partial charge in [0.2, 0.25) is 5.95 Å². The smallest absolute Gasteiger partial charge is 0.305 e. The van der Waals surface area contributed by atoms with Crippen molar-refractivity contribution in [2.75, 3.05) is 11.4 Å². The number of aromatic nitrogens is 2. The van der Waals surface area contributed by atoms with E-state index in [1.807, 2.05) is 6.20 Å². The Labute approximate surface area is 101 Å². The summed E-state index contributed by atoms with van der Waals surface area (Å²) in [5.74, 6) is 0.190. The molecular weight excluding hydrogens is 218 g/mol. The van der Waals surface area contributed by atoms with Crippen molar-refractivity contribution in [2.24, 2.45) is 0 Å². The van der Waals surface area contributed by atoms with E-state index in [4.69, 9.17) is 5.11 Å². The highest BCUT2D eigenvalue weighted by atomic mass is 16.4. The van der Waals surface area contributed by atoms with Crippen LogP contribution in [0.15, 0.2) is 12.4 Å². The maximum atomic E-state index is 10.9. The highest BCUT2D eigenvalue weighted by Gasteiger charge is 2.27.